The zero-order valence-electron chi connectivity index (χ0n) is 23.0. The molecule has 6 atom stereocenters. The first-order valence-corrected chi connectivity index (χ1v) is 16.8. The fraction of sp³-hybridized carbons (Fsp3) is 0.419. The number of hydrogen-bond donors (Lipinski definition) is 0. The Morgan fingerprint density at radius 1 is 1.00 bits per heavy atom. The van der Waals surface area contributed by atoms with Crippen molar-refractivity contribution in [2.45, 2.75) is 51.2 Å². The van der Waals surface area contributed by atoms with Crippen molar-refractivity contribution in [1.82, 2.24) is 14.0 Å². The van der Waals surface area contributed by atoms with E-state index in [0.29, 0.717) is 11.8 Å². The number of fused-ring (bicyclic) bond motifs is 1. The lowest BCUT2D eigenvalue weighted by Crippen LogP contribution is -2.46. The van der Waals surface area contributed by atoms with Gasteiger partial charge in [-0.25, -0.2) is 17.7 Å². The van der Waals surface area contributed by atoms with Gasteiger partial charge in [0.2, 0.25) is 15.9 Å². The highest BCUT2D eigenvalue weighted by molar-refractivity contribution is 7.90. The fourth-order valence-corrected chi connectivity index (χ4v) is 13.3. The van der Waals surface area contributed by atoms with E-state index in [9.17, 15) is 13.2 Å². The molecule has 7 nitrogen and oxygen atoms in total. The average Bonchev–Trinajstić information content (AvgIpc) is 3.49. The number of carbonyl (C=O) groups excluding carboxylic acids is 1. The summed E-state index contributed by atoms with van der Waals surface area (Å²) in [6.07, 6.45) is 4.35. The van der Waals surface area contributed by atoms with Crippen LogP contribution in [0.4, 0.5) is 0 Å². The summed E-state index contributed by atoms with van der Waals surface area (Å²) in [5, 5.41) is 2.21. The van der Waals surface area contributed by atoms with Crippen LogP contribution >= 0.6 is 8.07 Å². The number of pyridine rings is 1. The van der Waals surface area contributed by atoms with Crippen molar-refractivity contribution in [3.05, 3.63) is 84.6 Å². The smallest absolute Gasteiger partial charge is 0.255 e. The number of amides is 1. The number of hydrogen-bond acceptors (Lipinski definition) is 6. The van der Waals surface area contributed by atoms with Gasteiger partial charge < -0.3 is 4.74 Å². The second-order valence-corrected chi connectivity index (χ2v) is 16.1. The number of benzene rings is 2. The van der Waals surface area contributed by atoms with Gasteiger partial charge >= 0.3 is 0 Å². The summed E-state index contributed by atoms with van der Waals surface area (Å²) in [5.41, 5.74) is 0.342. The summed E-state index contributed by atoms with van der Waals surface area (Å²) in [5.74, 6) is 0.671. The maximum Gasteiger partial charge on any atom is 0.255 e. The van der Waals surface area contributed by atoms with Gasteiger partial charge in [-0.05, 0) is 47.3 Å². The lowest BCUT2D eigenvalue weighted by Gasteiger charge is -2.37. The van der Waals surface area contributed by atoms with Gasteiger partial charge in [0.25, 0.3) is 5.91 Å². The zero-order valence-corrected chi connectivity index (χ0v) is 24.7. The van der Waals surface area contributed by atoms with Crippen LogP contribution in [0.25, 0.3) is 0 Å². The number of methoxy groups -OCH3 is 1. The number of carbonyl (C=O) groups is 1. The van der Waals surface area contributed by atoms with Crippen LogP contribution in [0.1, 0.15) is 44.7 Å². The summed E-state index contributed by atoms with van der Waals surface area (Å²) >= 11 is 0. The number of ether oxygens (including phenoxy) is 1. The molecule has 1 amide bonds. The summed E-state index contributed by atoms with van der Waals surface area (Å²) in [6.45, 7) is 4.43. The largest absolute Gasteiger partial charge is 0.481 e. The molecule has 2 aromatic carbocycles. The highest BCUT2D eigenvalue weighted by Crippen LogP contribution is 2.71. The highest BCUT2D eigenvalue weighted by Gasteiger charge is 2.74. The summed E-state index contributed by atoms with van der Waals surface area (Å²) in [7, 11) is -3.29. The molecule has 40 heavy (non-hydrogen) atoms. The van der Waals surface area contributed by atoms with E-state index < -0.39 is 24.1 Å². The van der Waals surface area contributed by atoms with Crippen molar-refractivity contribution in [3.63, 3.8) is 0 Å². The first-order chi connectivity index (χ1) is 19.2. The van der Waals surface area contributed by atoms with Crippen LogP contribution in [0.15, 0.2) is 79.0 Å². The van der Waals surface area contributed by atoms with Gasteiger partial charge in [-0.3, -0.25) is 9.46 Å². The van der Waals surface area contributed by atoms with Crippen molar-refractivity contribution >= 4 is 34.6 Å². The molecule has 3 aromatic rings. The molecule has 0 N–H and O–H groups in total. The molecule has 2 saturated carbocycles. The first-order valence-electron chi connectivity index (χ1n) is 13.9. The van der Waals surface area contributed by atoms with Crippen LogP contribution in [-0.2, 0) is 14.8 Å². The zero-order chi connectivity index (χ0) is 27.9. The Morgan fingerprint density at radius 2 is 1.65 bits per heavy atom. The topological polar surface area (TPSA) is 79.6 Å². The lowest BCUT2D eigenvalue weighted by atomic mass is 9.69. The predicted octanol–water partition coefficient (Wildman–Crippen LogP) is 4.23. The van der Waals surface area contributed by atoms with Gasteiger partial charge in [-0.15, -0.1) is 0 Å². The molecular formula is C31H34N3O4PS. The van der Waals surface area contributed by atoms with E-state index in [1.165, 1.54) is 4.31 Å². The van der Waals surface area contributed by atoms with Crippen LogP contribution in [-0.4, -0.2) is 53.2 Å². The molecule has 0 radical (unpaired) electrons. The molecule has 7 rings (SSSR count). The van der Waals surface area contributed by atoms with Crippen LogP contribution in [0, 0.1) is 16.7 Å². The van der Waals surface area contributed by atoms with E-state index in [0.717, 1.165) is 35.4 Å². The second kappa shape index (κ2) is 9.10. The third kappa shape index (κ3) is 3.58. The van der Waals surface area contributed by atoms with E-state index in [1.807, 2.05) is 48.5 Å². The Labute approximate surface area is 237 Å². The Bertz CT molecular complexity index is 1530. The number of sulfonamides is 1. The fourth-order valence-electron chi connectivity index (χ4n) is 8.09. The van der Waals surface area contributed by atoms with E-state index in [4.69, 9.17) is 4.74 Å². The minimum Gasteiger partial charge on any atom is -0.481 e. The van der Waals surface area contributed by atoms with Gasteiger partial charge in [-0.1, -0.05) is 80.6 Å². The summed E-state index contributed by atoms with van der Waals surface area (Å²) < 4.78 is 36.9. The van der Waals surface area contributed by atoms with E-state index in [1.54, 1.807) is 13.3 Å². The third-order valence-electron chi connectivity index (χ3n) is 10.2. The molecular weight excluding hydrogens is 541 g/mol. The summed E-state index contributed by atoms with van der Waals surface area (Å²) in [6, 6.07) is 23.0. The monoisotopic (exact) mass is 575 g/mol. The SMILES string of the molecule is COc1ncccc1[C@@H]1[C@H](C(=O)N2[C@@H]3C[C@H]4CC[C@]3(CS2(=O)=O)C4(C)C)N1P(c1ccccc1)c1ccccc1. The maximum atomic E-state index is 14.7. The van der Waals surface area contributed by atoms with Crippen molar-refractivity contribution in [1.29, 1.82) is 0 Å². The lowest BCUT2D eigenvalue weighted by molar-refractivity contribution is -0.129. The molecule has 3 heterocycles. The normalized spacial score (nSPS) is 32.7. The third-order valence-corrected chi connectivity index (χ3v) is 14.7. The van der Waals surface area contributed by atoms with Crippen LogP contribution in [0.5, 0.6) is 5.88 Å². The maximum absolute atomic E-state index is 14.7. The van der Waals surface area contributed by atoms with Crippen LogP contribution in [0.2, 0.25) is 0 Å². The molecule has 1 spiro atoms. The second-order valence-electron chi connectivity index (χ2n) is 12.1. The number of rotatable bonds is 6. The summed E-state index contributed by atoms with van der Waals surface area (Å²) in [4.78, 5) is 19.1. The quantitative estimate of drug-likeness (QED) is 0.323. The highest BCUT2D eigenvalue weighted by atomic mass is 32.2. The van der Waals surface area contributed by atoms with Crippen LogP contribution < -0.4 is 15.3 Å². The number of aromatic nitrogens is 1. The molecule has 1 aromatic heterocycles. The van der Waals surface area contributed by atoms with Crippen molar-refractivity contribution < 1.29 is 17.9 Å². The first kappa shape index (κ1) is 26.1. The minimum absolute atomic E-state index is 0.0691. The number of nitrogens with zero attached hydrogens (tertiary/aromatic N) is 3. The Morgan fingerprint density at radius 3 is 2.25 bits per heavy atom. The Balaban J connectivity index is 1.35. The molecule has 1 unspecified atom stereocenters. The van der Waals surface area contributed by atoms with E-state index >= 15 is 0 Å². The van der Waals surface area contributed by atoms with Gasteiger partial charge in [0.1, 0.15) is 6.04 Å². The van der Waals surface area contributed by atoms with Gasteiger partial charge in [0, 0.05) is 25.2 Å². The standard InChI is InChI=1S/C31H34N3O4PS/c1-30(2)21-16-17-31(30)20-40(36,37)34(25(31)19-21)29(35)27-26(24-15-10-18-32-28(24)38-3)33(27)39(22-11-6-4-7-12-22)23-13-8-5-9-14-23/h4-15,18,21,25-27H,16-17,19-20H2,1-3H3/t21-,25-,26-,27-,31-,33?/m1/s1. The van der Waals surface area contributed by atoms with Gasteiger partial charge in [0.05, 0.1) is 24.9 Å². The Kier molecular flexibility index (Phi) is 5.94. The van der Waals surface area contributed by atoms with Crippen molar-refractivity contribution in [2.24, 2.45) is 16.7 Å². The molecule has 2 saturated heterocycles. The minimum atomic E-state index is -3.75. The van der Waals surface area contributed by atoms with Crippen LogP contribution in [0.3, 0.4) is 0 Å². The molecule has 9 heteroatoms. The van der Waals surface area contributed by atoms with E-state index in [-0.39, 0.29) is 34.6 Å². The van der Waals surface area contributed by atoms with Gasteiger partial charge in [0.15, 0.2) is 0 Å². The molecule has 2 aliphatic heterocycles. The molecule has 4 aliphatic rings. The molecule has 208 valence electrons. The predicted molar refractivity (Wildman–Crippen MR) is 156 cm³/mol. The molecule has 4 fully saturated rings. The average molecular weight is 576 g/mol. The Hall–Kier alpha value is -2.80. The molecule has 2 aliphatic carbocycles. The van der Waals surface area contributed by atoms with E-state index in [2.05, 4.69) is 47.8 Å². The molecule has 2 bridgehead atoms. The van der Waals surface area contributed by atoms with Crippen molar-refractivity contribution in [2.75, 3.05) is 12.9 Å². The van der Waals surface area contributed by atoms with Crippen molar-refractivity contribution in [3.8, 4) is 5.88 Å². The van der Waals surface area contributed by atoms with Gasteiger partial charge in [-0.2, -0.15) is 0 Å².